The van der Waals surface area contributed by atoms with Crippen LogP contribution in [0, 0.1) is 11.8 Å². The molecule has 3 rings (SSSR count). The van der Waals surface area contributed by atoms with Gasteiger partial charge < -0.3 is 4.74 Å². The molecule has 0 spiro atoms. The molecule has 1 saturated heterocycles. The summed E-state index contributed by atoms with van der Waals surface area (Å²) in [6.45, 7) is 2.55. The van der Waals surface area contributed by atoms with Crippen molar-refractivity contribution in [2.24, 2.45) is 16.8 Å². The maximum absolute atomic E-state index is 13.1. The summed E-state index contributed by atoms with van der Waals surface area (Å²) >= 11 is 3.39. The molecule has 5 nitrogen and oxygen atoms in total. The number of hydrogen-bond acceptors (Lipinski definition) is 6. The Morgan fingerprint density at radius 3 is 2.96 bits per heavy atom. The lowest BCUT2D eigenvalue weighted by Crippen LogP contribution is -2.48. The van der Waals surface area contributed by atoms with Crippen molar-refractivity contribution < 1.29 is 14.3 Å². The molecule has 128 valence electrons. The van der Waals surface area contributed by atoms with Crippen LogP contribution in [0.2, 0.25) is 0 Å². The van der Waals surface area contributed by atoms with Crippen molar-refractivity contribution in [1.29, 1.82) is 0 Å². The van der Waals surface area contributed by atoms with Crippen LogP contribution in [0.1, 0.15) is 39.0 Å². The maximum Gasteiger partial charge on any atom is 0.307 e. The van der Waals surface area contributed by atoms with Crippen LogP contribution in [0.25, 0.3) is 0 Å². The Kier molecular flexibility index (Phi) is 5.57. The summed E-state index contributed by atoms with van der Waals surface area (Å²) in [4.78, 5) is 31.3. The number of esters is 1. The number of amides is 1. The van der Waals surface area contributed by atoms with Crippen LogP contribution < -0.4 is 0 Å². The SMILES string of the molecule is CCOC(=O)CCN1C(=O)C2C(N=C1SC)SC1CCCCC12. The zero-order chi connectivity index (χ0) is 16.4. The number of rotatable bonds is 4. The first-order valence-electron chi connectivity index (χ1n) is 8.40. The van der Waals surface area contributed by atoms with Crippen molar-refractivity contribution in [2.75, 3.05) is 19.4 Å². The standard InChI is InChI=1S/C16H24N2O3S2/c1-3-21-12(19)8-9-18-15(20)13-10-6-4-5-7-11(10)23-14(13)17-16(18)22-2/h10-11,13-14H,3-9H2,1-2H3. The number of amidine groups is 1. The van der Waals surface area contributed by atoms with Crippen LogP contribution in [0.5, 0.6) is 0 Å². The third kappa shape index (κ3) is 3.40. The summed E-state index contributed by atoms with van der Waals surface area (Å²) in [5.41, 5.74) is 0. The molecule has 0 bridgehead atoms. The number of carbonyl (C=O) groups is 2. The van der Waals surface area contributed by atoms with E-state index in [2.05, 4.69) is 0 Å². The largest absolute Gasteiger partial charge is 0.466 e. The number of nitrogens with zero attached hydrogens (tertiary/aromatic N) is 2. The summed E-state index contributed by atoms with van der Waals surface area (Å²) in [6.07, 6.45) is 7.02. The number of ether oxygens (including phenoxy) is 1. The molecule has 0 aromatic carbocycles. The van der Waals surface area contributed by atoms with Crippen molar-refractivity contribution in [2.45, 2.75) is 49.7 Å². The molecule has 2 aliphatic heterocycles. The van der Waals surface area contributed by atoms with E-state index in [0.29, 0.717) is 24.3 Å². The average Bonchev–Trinajstić information content (AvgIpc) is 2.92. The van der Waals surface area contributed by atoms with Gasteiger partial charge >= 0.3 is 5.97 Å². The van der Waals surface area contributed by atoms with Gasteiger partial charge in [0, 0.05) is 11.8 Å². The van der Waals surface area contributed by atoms with E-state index >= 15 is 0 Å². The van der Waals surface area contributed by atoms with Gasteiger partial charge in [-0.05, 0) is 31.9 Å². The third-order valence-corrected chi connectivity index (χ3v) is 7.19. The smallest absolute Gasteiger partial charge is 0.307 e. The Morgan fingerprint density at radius 2 is 2.22 bits per heavy atom. The van der Waals surface area contributed by atoms with Crippen LogP contribution >= 0.6 is 23.5 Å². The number of aliphatic imine (C=N–C) groups is 1. The Balaban J connectivity index is 1.74. The Labute approximate surface area is 146 Å². The predicted molar refractivity (Wildman–Crippen MR) is 94.5 cm³/mol. The monoisotopic (exact) mass is 356 g/mol. The molecule has 1 amide bonds. The summed E-state index contributed by atoms with van der Waals surface area (Å²) in [6, 6.07) is 0. The van der Waals surface area contributed by atoms with E-state index in [-0.39, 0.29) is 29.6 Å². The third-order valence-electron chi connectivity index (χ3n) is 4.88. The molecule has 2 fully saturated rings. The highest BCUT2D eigenvalue weighted by Crippen LogP contribution is 2.52. The molecular weight excluding hydrogens is 332 g/mol. The number of thioether (sulfide) groups is 2. The molecule has 0 aromatic heterocycles. The number of hydrogen-bond donors (Lipinski definition) is 0. The molecule has 0 N–H and O–H groups in total. The van der Waals surface area contributed by atoms with Crippen molar-refractivity contribution >= 4 is 40.6 Å². The van der Waals surface area contributed by atoms with Crippen LogP contribution in [0.3, 0.4) is 0 Å². The quantitative estimate of drug-likeness (QED) is 0.725. The first-order chi connectivity index (χ1) is 11.2. The lowest BCUT2D eigenvalue weighted by Gasteiger charge is -2.35. The van der Waals surface area contributed by atoms with Crippen molar-refractivity contribution in [3.63, 3.8) is 0 Å². The fourth-order valence-electron chi connectivity index (χ4n) is 3.85. The van der Waals surface area contributed by atoms with Crippen molar-refractivity contribution in [3.05, 3.63) is 0 Å². The first kappa shape index (κ1) is 17.1. The second-order valence-corrected chi connectivity index (χ2v) is 8.33. The lowest BCUT2D eigenvalue weighted by atomic mass is 9.79. The molecule has 1 saturated carbocycles. The van der Waals surface area contributed by atoms with Gasteiger partial charge in [0.25, 0.3) is 0 Å². The summed E-state index contributed by atoms with van der Waals surface area (Å²) in [7, 11) is 0. The highest BCUT2D eigenvalue weighted by Gasteiger charge is 2.52. The molecule has 0 aromatic rings. The predicted octanol–water partition coefficient (Wildman–Crippen LogP) is 2.75. The topological polar surface area (TPSA) is 59.0 Å². The molecule has 1 aliphatic carbocycles. The van der Waals surface area contributed by atoms with Crippen molar-refractivity contribution in [3.8, 4) is 0 Å². The van der Waals surface area contributed by atoms with Gasteiger partial charge in [-0.1, -0.05) is 24.6 Å². The van der Waals surface area contributed by atoms with Gasteiger partial charge in [-0.2, -0.15) is 0 Å². The van der Waals surface area contributed by atoms with Gasteiger partial charge in [0.15, 0.2) is 5.17 Å². The Hall–Kier alpha value is -0.690. The van der Waals surface area contributed by atoms with E-state index in [1.807, 2.05) is 18.0 Å². The van der Waals surface area contributed by atoms with E-state index in [4.69, 9.17) is 9.73 Å². The fraction of sp³-hybridized carbons (Fsp3) is 0.812. The molecule has 2 heterocycles. The van der Waals surface area contributed by atoms with Gasteiger partial charge in [0.2, 0.25) is 5.91 Å². The van der Waals surface area contributed by atoms with Crippen LogP contribution in [0.15, 0.2) is 4.99 Å². The molecular formula is C16H24N2O3S2. The summed E-state index contributed by atoms with van der Waals surface area (Å²) in [5.74, 6) is 0.381. The molecule has 23 heavy (non-hydrogen) atoms. The summed E-state index contributed by atoms with van der Waals surface area (Å²) < 4.78 is 4.98. The first-order valence-corrected chi connectivity index (χ1v) is 10.6. The minimum absolute atomic E-state index is 0.00314. The van der Waals surface area contributed by atoms with Gasteiger partial charge in [-0.3, -0.25) is 14.5 Å². The van der Waals surface area contributed by atoms with E-state index < -0.39 is 0 Å². The molecule has 4 atom stereocenters. The van der Waals surface area contributed by atoms with Crippen LogP contribution in [-0.4, -0.2) is 52.0 Å². The molecule has 3 aliphatic rings. The Morgan fingerprint density at radius 1 is 1.43 bits per heavy atom. The van der Waals surface area contributed by atoms with Crippen LogP contribution in [-0.2, 0) is 14.3 Å². The molecule has 0 radical (unpaired) electrons. The van der Waals surface area contributed by atoms with Gasteiger partial charge in [0.1, 0.15) is 5.37 Å². The fourth-order valence-corrected chi connectivity index (χ4v) is 6.36. The highest BCUT2D eigenvalue weighted by atomic mass is 32.2. The second-order valence-electron chi connectivity index (χ2n) is 6.20. The molecule has 4 unspecified atom stereocenters. The van der Waals surface area contributed by atoms with Gasteiger partial charge in [-0.15, -0.1) is 11.8 Å². The second kappa shape index (κ2) is 7.47. The zero-order valence-electron chi connectivity index (χ0n) is 13.7. The van der Waals surface area contributed by atoms with E-state index in [0.717, 1.165) is 11.6 Å². The maximum atomic E-state index is 13.1. The number of fused-ring (bicyclic) bond motifs is 3. The number of carbonyl (C=O) groups excluding carboxylic acids is 2. The van der Waals surface area contributed by atoms with Gasteiger partial charge in [-0.25, -0.2) is 4.99 Å². The lowest BCUT2D eigenvalue weighted by molar-refractivity contribution is -0.143. The summed E-state index contributed by atoms with van der Waals surface area (Å²) in [5, 5.41) is 1.42. The normalized spacial score (nSPS) is 33.0. The highest BCUT2D eigenvalue weighted by molar-refractivity contribution is 8.13. The average molecular weight is 357 g/mol. The zero-order valence-corrected chi connectivity index (χ0v) is 15.3. The van der Waals surface area contributed by atoms with Crippen LogP contribution in [0.4, 0.5) is 0 Å². The van der Waals surface area contributed by atoms with Gasteiger partial charge in [0.05, 0.1) is 18.9 Å². The van der Waals surface area contributed by atoms with E-state index in [1.165, 1.54) is 31.0 Å². The Bertz CT molecular complexity index is 512. The van der Waals surface area contributed by atoms with E-state index in [1.54, 1.807) is 11.8 Å². The minimum atomic E-state index is -0.251. The molecule has 7 heteroatoms. The van der Waals surface area contributed by atoms with E-state index in [9.17, 15) is 9.59 Å². The van der Waals surface area contributed by atoms with Crippen molar-refractivity contribution in [1.82, 2.24) is 4.90 Å². The minimum Gasteiger partial charge on any atom is -0.466 e.